The fourth-order valence-electron chi connectivity index (χ4n) is 1.13. The van der Waals surface area contributed by atoms with E-state index < -0.39 is 0 Å². The molecule has 0 aliphatic carbocycles. The van der Waals surface area contributed by atoms with Crippen molar-refractivity contribution >= 4 is 17.7 Å². The maximum Gasteiger partial charge on any atom is 0.233 e. The molecule has 3 N–H and O–H groups in total. The molecule has 0 saturated carbocycles. The van der Waals surface area contributed by atoms with Crippen LogP contribution in [-0.2, 0) is 4.79 Å². The van der Waals surface area contributed by atoms with Gasteiger partial charge in [0.15, 0.2) is 0 Å². The molecule has 0 saturated heterocycles. The molecule has 0 aliphatic rings. The molecule has 0 bridgehead atoms. The van der Waals surface area contributed by atoms with Crippen molar-refractivity contribution in [1.29, 1.82) is 0 Å². The van der Waals surface area contributed by atoms with Crippen LogP contribution in [0.1, 0.15) is 27.7 Å². The average Bonchev–Trinajstić information content (AvgIpc) is 2.13. The number of rotatable bonds is 6. The van der Waals surface area contributed by atoms with Gasteiger partial charge in [-0.2, -0.15) is 0 Å². The molecule has 0 aromatic carbocycles. The lowest BCUT2D eigenvalue weighted by molar-refractivity contribution is -0.121. The molecule has 14 heavy (non-hydrogen) atoms. The number of carbonyl (C=O) groups excluding carboxylic acids is 1. The molecule has 0 fully saturated rings. The topological polar surface area (TPSA) is 55.1 Å². The van der Waals surface area contributed by atoms with Gasteiger partial charge < -0.3 is 11.1 Å². The van der Waals surface area contributed by atoms with E-state index in [1.54, 1.807) is 11.8 Å². The lowest BCUT2D eigenvalue weighted by atomic mass is 10.1. The van der Waals surface area contributed by atoms with Crippen LogP contribution >= 0.6 is 11.8 Å². The van der Waals surface area contributed by atoms with E-state index >= 15 is 0 Å². The van der Waals surface area contributed by atoms with Crippen LogP contribution in [0.25, 0.3) is 0 Å². The number of hydrogen-bond acceptors (Lipinski definition) is 3. The van der Waals surface area contributed by atoms with E-state index in [4.69, 9.17) is 5.73 Å². The van der Waals surface area contributed by atoms with Crippen LogP contribution in [0.4, 0.5) is 0 Å². The molecule has 0 aromatic heterocycles. The Morgan fingerprint density at radius 3 is 2.36 bits per heavy atom. The lowest BCUT2D eigenvalue weighted by Gasteiger charge is -2.21. The highest BCUT2D eigenvalue weighted by molar-refractivity contribution is 8.00. The fraction of sp³-hybridized carbons (Fsp3) is 0.900. The zero-order valence-electron chi connectivity index (χ0n) is 9.54. The Bertz CT molecular complexity index is 174. The zero-order chi connectivity index (χ0) is 11.1. The molecule has 0 spiro atoms. The fourth-order valence-corrected chi connectivity index (χ4v) is 2.10. The second-order valence-electron chi connectivity index (χ2n) is 3.77. The standard InChI is InChI=1S/C10H22N2OS/c1-5-14-9(7(2)3)10(13)12-8(4)6-11/h7-9H,5-6,11H2,1-4H3,(H,12,13)/t8-,9?/m0/s1. The van der Waals surface area contributed by atoms with Crippen LogP contribution in [0.15, 0.2) is 0 Å². The van der Waals surface area contributed by atoms with Crippen molar-refractivity contribution in [2.75, 3.05) is 12.3 Å². The zero-order valence-corrected chi connectivity index (χ0v) is 10.4. The van der Waals surface area contributed by atoms with Gasteiger partial charge >= 0.3 is 0 Å². The average molecular weight is 218 g/mol. The van der Waals surface area contributed by atoms with E-state index in [0.717, 1.165) is 5.75 Å². The minimum atomic E-state index is 0.0500. The van der Waals surface area contributed by atoms with Gasteiger partial charge in [0.25, 0.3) is 0 Å². The molecular weight excluding hydrogens is 196 g/mol. The second kappa shape index (κ2) is 7.12. The first-order valence-corrected chi connectivity index (χ1v) is 6.19. The Labute approximate surface area is 91.2 Å². The number of nitrogens with one attached hydrogen (secondary N) is 1. The van der Waals surface area contributed by atoms with E-state index in [0.29, 0.717) is 12.5 Å². The van der Waals surface area contributed by atoms with Crippen LogP contribution in [0.2, 0.25) is 0 Å². The number of nitrogens with two attached hydrogens (primary N) is 1. The number of carbonyl (C=O) groups is 1. The minimum Gasteiger partial charge on any atom is -0.351 e. The summed E-state index contributed by atoms with van der Waals surface area (Å²) in [6, 6.07) is 0.0706. The first kappa shape index (κ1) is 13.8. The molecule has 4 heteroatoms. The molecule has 3 nitrogen and oxygen atoms in total. The van der Waals surface area contributed by atoms with Crippen LogP contribution in [0, 0.1) is 5.92 Å². The maximum absolute atomic E-state index is 11.8. The molecule has 2 atom stereocenters. The van der Waals surface area contributed by atoms with Crippen molar-refractivity contribution in [1.82, 2.24) is 5.32 Å². The van der Waals surface area contributed by atoms with E-state index in [1.165, 1.54) is 0 Å². The summed E-state index contributed by atoms with van der Waals surface area (Å²) >= 11 is 1.69. The summed E-state index contributed by atoms with van der Waals surface area (Å²) in [5, 5.41) is 2.96. The number of amides is 1. The summed E-state index contributed by atoms with van der Waals surface area (Å²) in [4.78, 5) is 11.8. The normalized spacial score (nSPS) is 15.3. The third kappa shape index (κ3) is 4.86. The maximum atomic E-state index is 11.8. The van der Waals surface area contributed by atoms with E-state index in [-0.39, 0.29) is 17.2 Å². The quantitative estimate of drug-likeness (QED) is 0.705. The van der Waals surface area contributed by atoms with Gasteiger partial charge in [-0.3, -0.25) is 4.79 Å². The Balaban J connectivity index is 4.15. The first-order valence-electron chi connectivity index (χ1n) is 5.14. The molecule has 0 rings (SSSR count). The van der Waals surface area contributed by atoms with Gasteiger partial charge in [-0.25, -0.2) is 0 Å². The SMILES string of the molecule is CCSC(C(=O)N[C@@H](C)CN)C(C)C. The molecule has 1 unspecified atom stereocenters. The summed E-state index contributed by atoms with van der Waals surface area (Å²) in [6.07, 6.45) is 0. The monoisotopic (exact) mass is 218 g/mol. The first-order chi connectivity index (χ1) is 6.52. The van der Waals surface area contributed by atoms with E-state index in [2.05, 4.69) is 26.1 Å². The Morgan fingerprint density at radius 1 is 1.43 bits per heavy atom. The summed E-state index contributed by atoms with van der Waals surface area (Å²) in [7, 11) is 0. The molecule has 0 radical (unpaired) electrons. The molecular formula is C10H22N2OS. The molecule has 0 heterocycles. The summed E-state index contributed by atoms with van der Waals surface area (Å²) in [5.74, 6) is 1.45. The van der Waals surface area contributed by atoms with Gasteiger partial charge in [0.1, 0.15) is 0 Å². The molecule has 0 aliphatic heterocycles. The Morgan fingerprint density at radius 2 is 2.00 bits per heavy atom. The Kier molecular flexibility index (Phi) is 7.01. The lowest BCUT2D eigenvalue weighted by Crippen LogP contribution is -2.43. The largest absolute Gasteiger partial charge is 0.351 e. The summed E-state index contributed by atoms with van der Waals surface area (Å²) < 4.78 is 0. The van der Waals surface area contributed by atoms with Gasteiger partial charge in [-0.15, -0.1) is 11.8 Å². The van der Waals surface area contributed by atoms with Crippen LogP contribution < -0.4 is 11.1 Å². The van der Waals surface area contributed by atoms with Gasteiger partial charge in [-0.1, -0.05) is 20.8 Å². The van der Waals surface area contributed by atoms with Crippen LogP contribution in [-0.4, -0.2) is 29.5 Å². The van der Waals surface area contributed by atoms with Gasteiger partial charge in [-0.05, 0) is 18.6 Å². The van der Waals surface area contributed by atoms with Crippen molar-refractivity contribution in [3.05, 3.63) is 0 Å². The van der Waals surface area contributed by atoms with Crippen molar-refractivity contribution in [3.63, 3.8) is 0 Å². The predicted octanol–water partition coefficient (Wildman–Crippen LogP) is 1.23. The third-order valence-electron chi connectivity index (χ3n) is 1.95. The highest BCUT2D eigenvalue weighted by Crippen LogP contribution is 2.19. The number of thioether (sulfide) groups is 1. The second-order valence-corrected chi connectivity index (χ2v) is 5.18. The van der Waals surface area contributed by atoms with Gasteiger partial charge in [0.2, 0.25) is 5.91 Å². The predicted molar refractivity (Wildman–Crippen MR) is 63.4 cm³/mol. The van der Waals surface area contributed by atoms with Crippen molar-refractivity contribution in [2.24, 2.45) is 11.7 Å². The van der Waals surface area contributed by atoms with Crippen LogP contribution in [0.5, 0.6) is 0 Å². The molecule has 0 aromatic rings. The van der Waals surface area contributed by atoms with E-state index in [1.807, 2.05) is 6.92 Å². The van der Waals surface area contributed by atoms with Crippen LogP contribution in [0.3, 0.4) is 0 Å². The highest BCUT2D eigenvalue weighted by Gasteiger charge is 2.22. The van der Waals surface area contributed by atoms with Crippen molar-refractivity contribution in [2.45, 2.75) is 39.0 Å². The van der Waals surface area contributed by atoms with Gasteiger partial charge in [0.05, 0.1) is 5.25 Å². The van der Waals surface area contributed by atoms with E-state index in [9.17, 15) is 4.79 Å². The highest BCUT2D eigenvalue weighted by atomic mass is 32.2. The number of hydrogen-bond donors (Lipinski definition) is 2. The summed E-state index contributed by atoms with van der Waals surface area (Å²) in [6.45, 7) is 8.62. The smallest absolute Gasteiger partial charge is 0.233 e. The van der Waals surface area contributed by atoms with Crippen molar-refractivity contribution in [3.8, 4) is 0 Å². The third-order valence-corrected chi connectivity index (χ3v) is 3.40. The summed E-state index contributed by atoms with van der Waals surface area (Å²) in [5.41, 5.74) is 5.45. The molecule has 84 valence electrons. The minimum absolute atomic E-state index is 0.0500. The van der Waals surface area contributed by atoms with Crippen molar-refractivity contribution < 1.29 is 4.79 Å². The van der Waals surface area contributed by atoms with Gasteiger partial charge in [0, 0.05) is 12.6 Å². The Hall–Kier alpha value is -0.220. The molecule has 1 amide bonds.